The molecule has 0 atom stereocenters. The highest BCUT2D eigenvalue weighted by Crippen LogP contribution is 2.14. The number of piperazine rings is 1. The number of aromatic nitrogens is 1. The summed E-state index contributed by atoms with van der Waals surface area (Å²) in [4.78, 5) is 40.9. The first-order valence-electron chi connectivity index (χ1n) is 20.1. The van der Waals surface area contributed by atoms with E-state index >= 15 is 0 Å². The molecule has 1 aliphatic heterocycles. The molecule has 0 saturated carbocycles. The lowest BCUT2D eigenvalue weighted by Crippen LogP contribution is -2.52. The van der Waals surface area contributed by atoms with Crippen LogP contribution in [0.5, 0.6) is 0 Å². The van der Waals surface area contributed by atoms with Crippen molar-refractivity contribution >= 4 is 17.6 Å². The van der Waals surface area contributed by atoms with Gasteiger partial charge in [-0.25, -0.2) is 4.57 Å². The minimum atomic E-state index is -0.340. The Morgan fingerprint density at radius 3 is 1.32 bits per heavy atom. The number of hydrogen-bond donors (Lipinski definition) is 0. The van der Waals surface area contributed by atoms with Crippen molar-refractivity contribution in [3.05, 3.63) is 30.6 Å². The van der Waals surface area contributed by atoms with Crippen molar-refractivity contribution in [2.75, 3.05) is 26.2 Å². The molecule has 2 amide bonds. The third kappa shape index (κ3) is 23.7. The molecule has 270 valence electrons. The monoisotopic (exact) mass is 657 g/mol. The van der Waals surface area contributed by atoms with Crippen LogP contribution in [-0.4, -0.2) is 53.6 Å². The number of amides is 2. The number of carbonyl (C=O) groups is 3. The van der Waals surface area contributed by atoms with E-state index in [4.69, 9.17) is 0 Å². The SMILES string of the molecule is CCCCCCCCCCCCCCC(=O)C(=O)N1CCN(C(=O)CCCCCCCCCC)CC1.CCCCC[n+]1ccccc1. The van der Waals surface area contributed by atoms with Crippen LogP contribution in [0.1, 0.15) is 181 Å². The van der Waals surface area contributed by atoms with Crippen molar-refractivity contribution in [3.8, 4) is 0 Å². The Kier molecular flexibility index (Phi) is 28.3. The zero-order valence-corrected chi connectivity index (χ0v) is 31.2. The van der Waals surface area contributed by atoms with Gasteiger partial charge in [-0.3, -0.25) is 14.4 Å². The Labute approximate surface area is 290 Å². The molecule has 2 heterocycles. The summed E-state index contributed by atoms with van der Waals surface area (Å²) in [5.41, 5.74) is 0. The third-order valence-electron chi connectivity index (χ3n) is 9.46. The molecule has 1 saturated heterocycles. The zero-order chi connectivity index (χ0) is 34.2. The summed E-state index contributed by atoms with van der Waals surface area (Å²) in [6.45, 7) is 10.00. The molecule has 0 aliphatic carbocycles. The minimum Gasteiger partial charge on any atom is -0.339 e. The predicted molar refractivity (Wildman–Crippen MR) is 197 cm³/mol. The highest BCUT2D eigenvalue weighted by molar-refractivity contribution is 6.36. The second-order valence-corrected chi connectivity index (χ2v) is 13.8. The van der Waals surface area contributed by atoms with Crippen LogP contribution in [0.4, 0.5) is 0 Å². The van der Waals surface area contributed by atoms with Crippen LogP contribution in [0.25, 0.3) is 0 Å². The summed E-state index contributed by atoms with van der Waals surface area (Å²) >= 11 is 0. The molecule has 0 unspecified atom stereocenters. The number of rotatable bonds is 27. The van der Waals surface area contributed by atoms with E-state index < -0.39 is 0 Å². The van der Waals surface area contributed by atoms with Gasteiger partial charge in [-0.05, 0) is 19.3 Å². The van der Waals surface area contributed by atoms with Crippen LogP contribution in [0, 0.1) is 0 Å². The summed E-state index contributed by atoms with van der Waals surface area (Å²) in [5.74, 6) is -0.384. The first-order chi connectivity index (χ1) is 23.0. The Hall–Kier alpha value is -2.24. The molecule has 0 spiro atoms. The number of hydrogen-bond acceptors (Lipinski definition) is 3. The van der Waals surface area contributed by atoms with E-state index in [0.717, 1.165) is 38.6 Å². The number of carbonyl (C=O) groups excluding carboxylic acids is 3. The van der Waals surface area contributed by atoms with E-state index in [1.807, 2.05) is 4.90 Å². The van der Waals surface area contributed by atoms with E-state index in [0.29, 0.717) is 39.0 Å². The van der Waals surface area contributed by atoms with Crippen LogP contribution < -0.4 is 4.57 Å². The van der Waals surface area contributed by atoms with Gasteiger partial charge in [0.2, 0.25) is 11.7 Å². The number of aryl methyl sites for hydroxylation is 1. The molecule has 47 heavy (non-hydrogen) atoms. The summed E-state index contributed by atoms with van der Waals surface area (Å²) < 4.78 is 2.23. The van der Waals surface area contributed by atoms with E-state index in [1.54, 1.807) is 4.90 Å². The minimum absolute atomic E-state index is 0.205. The molecule has 1 fully saturated rings. The zero-order valence-electron chi connectivity index (χ0n) is 31.2. The lowest BCUT2D eigenvalue weighted by molar-refractivity contribution is -0.697. The molecule has 2 rings (SSSR count). The van der Waals surface area contributed by atoms with E-state index in [1.165, 1.54) is 116 Å². The molecule has 0 aromatic carbocycles. The lowest BCUT2D eigenvalue weighted by atomic mass is 10.0. The highest BCUT2D eigenvalue weighted by Gasteiger charge is 2.27. The van der Waals surface area contributed by atoms with Gasteiger partial charge in [-0.15, -0.1) is 0 Å². The summed E-state index contributed by atoms with van der Waals surface area (Å²) in [6, 6.07) is 6.20. The standard InChI is InChI=1S/C31H58N2O3.C10H16N/c1-3-5-7-9-11-13-14-15-16-17-19-21-23-29(34)31(36)33-27-25-32(26-28-33)30(35)24-22-20-18-12-10-8-6-4-2;1-2-3-5-8-11-9-6-4-7-10-11/h3-28H2,1-2H3;4,6-7,9-10H,2-3,5,8H2,1H3/q;+1. The van der Waals surface area contributed by atoms with E-state index in [-0.39, 0.29) is 17.6 Å². The van der Waals surface area contributed by atoms with Crippen molar-refractivity contribution < 1.29 is 19.0 Å². The maximum absolute atomic E-state index is 12.5. The fourth-order valence-corrected chi connectivity index (χ4v) is 6.26. The normalized spacial score (nSPS) is 12.9. The van der Waals surface area contributed by atoms with Crippen LogP contribution in [-0.2, 0) is 20.9 Å². The fourth-order valence-electron chi connectivity index (χ4n) is 6.26. The molecule has 0 bridgehead atoms. The van der Waals surface area contributed by atoms with Crippen LogP contribution in [0.3, 0.4) is 0 Å². The largest absolute Gasteiger partial charge is 0.339 e. The average molecular weight is 657 g/mol. The van der Waals surface area contributed by atoms with Crippen molar-refractivity contribution in [1.29, 1.82) is 0 Å². The van der Waals surface area contributed by atoms with Crippen LogP contribution in [0.2, 0.25) is 0 Å². The molecular formula is C41H74N3O3+. The molecule has 6 nitrogen and oxygen atoms in total. The third-order valence-corrected chi connectivity index (χ3v) is 9.46. The van der Waals surface area contributed by atoms with Gasteiger partial charge in [-0.1, -0.05) is 149 Å². The molecule has 1 aromatic heterocycles. The second kappa shape index (κ2) is 31.1. The Bertz CT molecular complexity index is 883. The van der Waals surface area contributed by atoms with Crippen LogP contribution >= 0.6 is 0 Å². The average Bonchev–Trinajstić information content (AvgIpc) is 3.10. The van der Waals surface area contributed by atoms with Gasteiger partial charge in [0, 0.05) is 57.6 Å². The van der Waals surface area contributed by atoms with Gasteiger partial charge in [0.15, 0.2) is 12.4 Å². The first-order valence-corrected chi connectivity index (χ1v) is 20.1. The maximum Gasteiger partial charge on any atom is 0.290 e. The molecule has 1 aromatic rings. The smallest absolute Gasteiger partial charge is 0.290 e. The molecule has 1 aliphatic rings. The Morgan fingerprint density at radius 1 is 0.468 bits per heavy atom. The summed E-state index contributed by atoms with van der Waals surface area (Å²) in [5, 5.41) is 0. The molecular weight excluding hydrogens is 582 g/mol. The van der Waals surface area contributed by atoms with Crippen molar-refractivity contribution in [3.63, 3.8) is 0 Å². The molecule has 6 heteroatoms. The van der Waals surface area contributed by atoms with Gasteiger partial charge >= 0.3 is 0 Å². The summed E-state index contributed by atoms with van der Waals surface area (Å²) in [7, 11) is 0. The highest BCUT2D eigenvalue weighted by atomic mass is 16.2. The number of Topliss-reactive ketones (excluding diaryl/α,β-unsaturated/α-hetero) is 1. The quantitative estimate of drug-likeness (QED) is 0.0538. The van der Waals surface area contributed by atoms with Crippen molar-refractivity contribution in [2.24, 2.45) is 0 Å². The fraction of sp³-hybridized carbons (Fsp3) is 0.805. The van der Waals surface area contributed by atoms with Crippen LogP contribution in [0.15, 0.2) is 30.6 Å². The van der Waals surface area contributed by atoms with E-state index in [9.17, 15) is 14.4 Å². The predicted octanol–water partition coefficient (Wildman–Crippen LogP) is 10.0. The topological polar surface area (TPSA) is 61.6 Å². The van der Waals surface area contributed by atoms with Gasteiger partial charge in [0.1, 0.15) is 6.54 Å². The number of pyridine rings is 1. The number of ketones is 1. The second-order valence-electron chi connectivity index (χ2n) is 13.8. The van der Waals surface area contributed by atoms with Crippen molar-refractivity contribution in [1.82, 2.24) is 9.80 Å². The van der Waals surface area contributed by atoms with Gasteiger partial charge in [0.05, 0.1) is 0 Å². The number of unbranched alkanes of at least 4 members (excludes halogenated alkanes) is 20. The summed E-state index contributed by atoms with van der Waals surface area (Å²) in [6.07, 6.45) is 34.1. The van der Waals surface area contributed by atoms with E-state index in [2.05, 4.69) is 55.9 Å². The van der Waals surface area contributed by atoms with Gasteiger partial charge < -0.3 is 9.80 Å². The van der Waals surface area contributed by atoms with Gasteiger partial charge in [-0.2, -0.15) is 0 Å². The Morgan fingerprint density at radius 2 is 0.851 bits per heavy atom. The number of nitrogens with zero attached hydrogens (tertiary/aromatic N) is 3. The molecule has 0 radical (unpaired) electrons. The molecule has 0 N–H and O–H groups in total. The lowest BCUT2D eigenvalue weighted by Gasteiger charge is -2.34. The van der Waals surface area contributed by atoms with Crippen molar-refractivity contribution in [2.45, 2.75) is 188 Å². The first kappa shape index (κ1) is 42.8. The van der Waals surface area contributed by atoms with Gasteiger partial charge in [0.25, 0.3) is 5.91 Å². The Balaban J connectivity index is 0.000000841. The maximum atomic E-state index is 12.5.